The molecule has 0 spiro atoms. The van der Waals surface area contributed by atoms with Crippen molar-refractivity contribution in [2.45, 2.75) is 32.7 Å². The SMILES string of the molecule is CCN(/C=C\Cc1ccccc1)C(Cc1ccc(C)cc1)C(N)=O. The molecule has 2 rings (SSSR count). The van der Waals surface area contributed by atoms with E-state index in [1.54, 1.807) is 0 Å². The lowest BCUT2D eigenvalue weighted by Crippen LogP contribution is -2.43. The van der Waals surface area contributed by atoms with E-state index in [1.807, 2.05) is 36.2 Å². The van der Waals surface area contributed by atoms with Gasteiger partial charge < -0.3 is 10.6 Å². The summed E-state index contributed by atoms with van der Waals surface area (Å²) in [5, 5.41) is 0. The van der Waals surface area contributed by atoms with Gasteiger partial charge in [-0.1, -0.05) is 66.2 Å². The molecule has 1 unspecified atom stereocenters. The van der Waals surface area contributed by atoms with Gasteiger partial charge in [-0.25, -0.2) is 0 Å². The lowest BCUT2D eigenvalue weighted by molar-refractivity contribution is -0.122. The number of benzene rings is 2. The lowest BCUT2D eigenvalue weighted by Gasteiger charge is -2.27. The Bertz CT molecular complexity index is 662. The summed E-state index contributed by atoms with van der Waals surface area (Å²) in [4.78, 5) is 14.0. The van der Waals surface area contributed by atoms with E-state index in [9.17, 15) is 4.79 Å². The Balaban J connectivity index is 2.05. The third kappa shape index (κ3) is 5.27. The molecule has 0 saturated heterocycles. The van der Waals surface area contributed by atoms with Crippen LogP contribution in [-0.2, 0) is 17.6 Å². The van der Waals surface area contributed by atoms with Crippen LogP contribution >= 0.6 is 0 Å². The zero-order valence-corrected chi connectivity index (χ0v) is 14.5. The van der Waals surface area contributed by atoms with Crippen molar-refractivity contribution < 1.29 is 4.79 Å². The maximum Gasteiger partial charge on any atom is 0.240 e. The van der Waals surface area contributed by atoms with Crippen LogP contribution in [0.1, 0.15) is 23.6 Å². The summed E-state index contributed by atoms with van der Waals surface area (Å²) in [6.07, 6.45) is 5.55. The molecule has 0 fully saturated rings. The van der Waals surface area contributed by atoms with Gasteiger partial charge >= 0.3 is 0 Å². The molecular weight excluding hydrogens is 296 g/mol. The Kier molecular flexibility index (Phi) is 6.62. The van der Waals surface area contributed by atoms with E-state index in [1.165, 1.54) is 11.1 Å². The molecule has 2 aromatic carbocycles. The molecule has 24 heavy (non-hydrogen) atoms. The van der Waals surface area contributed by atoms with Gasteiger partial charge in [0.25, 0.3) is 0 Å². The van der Waals surface area contributed by atoms with Crippen LogP contribution in [0, 0.1) is 6.92 Å². The summed E-state index contributed by atoms with van der Waals surface area (Å²) in [7, 11) is 0. The number of nitrogens with two attached hydrogens (primary N) is 1. The zero-order chi connectivity index (χ0) is 17.4. The van der Waals surface area contributed by atoms with E-state index in [4.69, 9.17) is 5.73 Å². The minimum absolute atomic E-state index is 0.290. The Morgan fingerprint density at radius 1 is 1.08 bits per heavy atom. The van der Waals surface area contributed by atoms with Crippen LogP contribution in [0.25, 0.3) is 0 Å². The molecule has 0 aliphatic rings. The predicted octanol–water partition coefficient (Wildman–Crippen LogP) is 3.47. The van der Waals surface area contributed by atoms with Gasteiger partial charge in [-0.2, -0.15) is 0 Å². The number of nitrogens with zero attached hydrogens (tertiary/aromatic N) is 1. The number of carbonyl (C=O) groups excluding carboxylic acids is 1. The number of amides is 1. The number of aryl methyl sites for hydroxylation is 1. The smallest absolute Gasteiger partial charge is 0.240 e. The van der Waals surface area contributed by atoms with Gasteiger partial charge in [-0.15, -0.1) is 0 Å². The van der Waals surface area contributed by atoms with E-state index in [2.05, 4.69) is 49.4 Å². The monoisotopic (exact) mass is 322 g/mol. The minimum atomic E-state index is -0.329. The lowest BCUT2D eigenvalue weighted by atomic mass is 10.0. The predicted molar refractivity (Wildman–Crippen MR) is 99.5 cm³/mol. The minimum Gasteiger partial charge on any atom is -0.368 e. The van der Waals surface area contributed by atoms with Gasteiger partial charge in [0.1, 0.15) is 6.04 Å². The second-order valence-corrected chi connectivity index (χ2v) is 6.01. The van der Waals surface area contributed by atoms with Crippen LogP contribution in [0.2, 0.25) is 0 Å². The summed E-state index contributed by atoms with van der Waals surface area (Å²) < 4.78 is 0. The number of carbonyl (C=O) groups is 1. The molecule has 3 heteroatoms. The van der Waals surface area contributed by atoms with Crippen LogP contribution in [-0.4, -0.2) is 23.4 Å². The van der Waals surface area contributed by atoms with Crippen LogP contribution in [0.15, 0.2) is 66.9 Å². The van der Waals surface area contributed by atoms with Gasteiger partial charge in [0.15, 0.2) is 0 Å². The van der Waals surface area contributed by atoms with Gasteiger partial charge in [0, 0.05) is 13.0 Å². The highest BCUT2D eigenvalue weighted by Crippen LogP contribution is 2.12. The fourth-order valence-electron chi connectivity index (χ4n) is 2.70. The second kappa shape index (κ2) is 8.92. The molecule has 0 saturated carbocycles. The van der Waals surface area contributed by atoms with E-state index in [0.29, 0.717) is 6.42 Å². The normalized spacial score (nSPS) is 12.2. The summed E-state index contributed by atoms with van der Waals surface area (Å²) in [6.45, 7) is 4.84. The number of rotatable bonds is 8. The van der Waals surface area contributed by atoms with E-state index in [0.717, 1.165) is 18.5 Å². The number of likely N-dealkylation sites (N-methyl/N-ethyl adjacent to an activating group) is 1. The molecule has 2 N–H and O–H groups in total. The Morgan fingerprint density at radius 3 is 2.33 bits per heavy atom. The average molecular weight is 322 g/mol. The largest absolute Gasteiger partial charge is 0.368 e. The number of primary amides is 1. The fourth-order valence-corrected chi connectivity index (χ4v) is 2.70. The first kappa shape index (κ1) is 17.8. The van der Waals surface area contributed by atoms with E-state index < -0.39 is 0 Å². The molecule has 1 amide bonds. The molecule has 126 valence electrons. The first-order valence-corrected chi connectivity index (χ1v) is 8.41. The zero-order valence-electron chi connectivity index (χ0n) is 14.5. The maximum absolute atomic E-state index is 12.0. The molecule has 0 aliphatic carbocycles. The molecule has 0 bridgehead atoms. The van der Waals surface area contributed by atoms with Crippen LogP contribution in [0.5, 0.6) is 0 Å². The third-order valence-electron chi connectivity index (χ3n) is 4.14. The highest BCUT2D eigenvalue weighted by atomic mass is 16.1. The highest BCUT2D eigenvalue weighted by Gasteiger charge is 2.20. The molecule has 1 atom stereocenters. The fraction of sp³-hybridized carbons (Fsp3) is 0.286. The molecule has 3 nitrogen and oxygen atoms in total. The van der Waals surface area contributed by atoms with Gasteiger partial charge in [0.2, 0.25) is 5.91 Å². The molecule has 0 radical (unpaired) electrons. The standard InChI is InChI=1S/C21H26N2O/c1-3-23(15-7-10-18-8-5-4-6-9-18)20(21(22)24)16-19-13-11-17(2)12-14-19/h4-9,11-15,20H,3,10,16H2,1-2H3,(H2,22,24)/b15-7-. The molecule has 0 heterocycles. The Hall–Kier alpha value is -2.55. The summed E-state index contributed by atoms with van der Waals surface area (Å²) in [5.41, 5.74) is 9.25. The second-order valence-electron chi connectivity index (χ2n) is 6.01. The molecule has 0 aromatic heterocycles. The molecule has 0 aliphatic heterocycles. The quantitative estimate of drug-likeness (QED) is 0.809. The topological polar surface area (TPSA) is 46.3 Å². The van der Waals surface area contributed by atoms with Crippen molar-refractivity contribution in [1.29, 1.82) is 0 Å². The van der Waals surface area contributed by atoms with Crippen molar-refractivity contribution in [3.63, 3.8) is 0 Å². The van der Waals surface area contributed by atoms with Crippen molar-refractivity contribution >= 4 is 5.91 Å². The average Bonchev–Trinajstić information content (AvgIpc) is 2.59. The van der Waals surface area contributed by atoms with Crippen molar-refractivity contribution in [2.24, 2.45) is 5.73 Å². The Morgan fingerprint density at radius 2 is 1.75 bits per heavy atom. The van der Waals surface area contributed by atoms with Crippen molar-refractivity contribution in [3.8, 4) is 0 Å². The van der Waals surface area contributed by atoms with Crippen LogP contribution in [0.4, 0.5) is 0 Å². The van der Waals surface area contributed by atoms with Crippen LogP contribution < -0.4 is 5.73 Å². The van der Waals surface area contributed by atoms with Crippen LogP contribution in [0.3, 0.4) is 0 Å². The van der Waals surface area contributed by atoms with E-state index >= 15 is 0 Å². The maximum atomic E-state index is 12.0. The molecule has 2 aromatic rings. The first-order valence-electron chi connectivity index (χ1n) is 8.41. The first-order chi connectivity index (χ1) is 11.6. The van der Waals surface area contributed by atoms with E-state index in [-0.39, 0.29) is 11.9 Å². The highest BCUT2D eigenvalue weighted by molar-refractivity contribution is 5.80. The number of hydrogen-bond donors (Lipinski definition) is 1. The van der Waals surface area contributed by atoms with Gasteiger partial charge in [-0.3, -0.25) is 4.79 Å². The molecular formula is C21H26N2O. The Labute approximate surface area is 144 Å². The summed E-state index contributed by atoms with van der Waals surface area (Å²) >= 11 is 0. The van der Waals surface area contributed by atoms with Gasteiger partial charge in [0.05, 0.1) is 0 Å². The third-order valence-corrected chi connectivity index (χ3v) is 4.14. The summed E-state index contributed by atoms with van der Waals surface area (Å²) in [6, 6.07) is 18.2. The van der Waals surface area contributed by atoms with Crippen molar-refractivity contribution in [3.05, 3.63) is 83.6 Å². The van der Waals surface area contributed by atoms with Crippen molar-refractivity contribution in [2.75, 3.05) is 6.54 Å². The number of allylic oxidation sites excluding steroid dienone is 1. The van der Waals surface area contributed by atoms with Gasteiger partial charge in [-0.05, 0) is 37.6 Å². The summed E-state index contributed by atoms with van der Waals surface area (Å²) in [5.74, 6) is -0.290. The van der Waals surface area contributed by atoms with Crippen molar-refractivity contribution in [1.82, 2.24) is 4.90 Å². The number of hydrogen-bond acceptors (Lipinski definition) is 2.